The topological polar surface area (TPSA) is 35.2 Å². The van der Waals surface area contributed by atoms with Crippen molar-refractivity contribution in [3.63, 3.8) is 0 Å². The van der Waals surface area contributed by atoms with Gasteiger partial charge in [-0.25, -0.2) is 0 Å². The minimum atomic E-state index is 0. The van der Waals surface area contributed by atoms with Crippen LogP contribution >= 0.6 is 12.4 Å². The number of para-hydroxylation sites is 1. The molecule has 21 heavy (non-hydrogen) atoms. The van der Waals surface area contributed by atoms with Crippen molar-refractivity contribution in [1.29, 1.82) is 0 Å². The molecule has 0 saturated carbocycles. The molecule has 0 aromatic heterocycles. The fourth-order valence-electron chi connectivity index (χ4n) is 2.19. The molecule has 0 amide bonds. The zero-order valence-electron chi connectivity index (χ0n) is 12.5. The molecule has 0 spiro atoms. The minimum absolute atomic E-state index is 0. The van der Waals surface area contributed by atoms with Crippen LogP contribution in [0.5, 0.6) is 11.5 Å². The van der Waals surface area contributed by atoms with Gasteiger partial charge in [-0.3, -0.25) is 0 Å². The smallest absolute Gasteiger partial charge is 0.127 e. The highest BCUT2D eigenvalue weighted by atomic mass is 35.5. The number of benzene rings is 2. The Kier molecular flexibility index (Phi) is 7.88. The zero-order valence-corrected chi connectivity index (χ0v) is 13.3. The number of hydrogen-bond donors (Lipinski definition) is 1. The second kappa shape index (κ2) is 9.43. The van der Waals surface area contributed by atoms with E-state index in [1.807, 2.05) is 42.5 Å². The second-order valence-corrected chi connectivity index (χ2v) is 5.09. The monoisotopic (exact) mass is 305 g/mol. The molecule has 2 N–H and O–H groups in total. The van der Waals surface area contributed by atoms with Gasteiger partial charge in [-0.15, -0.1) is 12.4 Å². The Hall–Kier alpha value is -1.51. The van der Waals surface area contributed by atoms with Crippen molar-refractivity contribution in [2.24, 2.45) is 5.73 Å². The lowest BCUT2D eigenvalue weighted by molar-refractivity contribution is 0.482. The molecule has 0 fully saturated rings. The van der Waals surface area contributed by atoms with Gasteiger partial charge in [0.1, 0.15) is 11.5 Å². The van der Waals surface area contributed by atoms with E-state index in [1.54, 1.807) is 0 Å². The summed E-state index contributed by atoms with van der Waals surface area (Å²) in [6, 6.07) is 18.0. The quantitative estimate of drug-likeness (QED) is 0.687. The molecule has 2 aromatic rings. The molecule has 0 unspecified atom stereocenters. The fraction of sp³-hybridized carbons (Fsp3) is 0.333. The van der Waals surface area contributed by atoms with Crippen molar-refractivity contribution >= 4 is 12.4 Å². The minimum Gasteiger partial charge on any atom is -0.457 e. The average Bonchev–Trinajstić information content (AvgIpc) is 2.49. The summed E-state index contributed by atoms with van der Waals surface area (Å²) in [5, 5.41) is 0. The lowest BCUT2D eigenvalue weighted by Crippen LogP contribution is -2.09. The third-order valence-electron chi connectivity index (χ3n) is 3.41. The van der Waals surface area contributed by atoms with Gasteiger partial charge in [-0.1, -0.05) is 56.5 Å². The van der Waals surface area contributed by atoms with Crippen molar-refractivity contribution in [3.05, 3.63) is 60.2 Å². The molecule has 1 atom stereocenters. The Morgan fingerprint density at radius 3 is 2.14 bits per heavy atom. The average molecular weight is 306 g/mol. The van der Waals surface area contributed by atoms with Crippen LogP contribution in [0.25, 0.3) is 0 Å². The van der Waals surface area contributed by atoms with Crippen molar-refractivity contribution in [3.8, 4) is 11.5 Å². The van der Waals surface area contributed by atoms with Crippen LogP contribution in [0.15, 0.2) is 54.6 Å². The van der Waals surface area contributed by atoms with Crippen molar-refractivity contribution in [1.82, 2.24) is 0 Å². The van der Waals surface area contributed by atoms with Gasteiger partial charge >= 0.3 is 0 Å². The molecule has 2 nitrogen and oxygen atoms in total. The van der Waals surface area contributed by atoms with Crippen LogP contribution in [0.1, 0.15) is 44.2 Å². The van der Waals surface area contributed by atoms with E-state index in [1.165, 1.54) is 24.8 Å². The van der Waals surface area contributed by atoms with Crippen LogP contribution < -0.4 is 10.5 Å². The number of unbranched alkanes of at least 4 members (excludes halogenated alkanes) is 2. The summed E-state index contributed by atoms with van der Waals surface area (Å²) in [6.45, 7) is 2.21. The molecular formula is C18H24ClNO. The molecule has 0 aliphatic rings. The maximum Gasteiger partial charge on any atom is 0.127 e. The highest BCUT2D eigenvalue weighted by molar-refractivity contribution is 5.85. The van der Waals surface area contributed by atoms with Crippen LogP contribution in [0.3, 0.4) is 0 Å². The molecule has 0 heterocycles. The van der Waals surface area contributed by atoms with E-state index < -0.39 is 0 Å². The highest BCUT2D eigenvalue weighted by Gasteiger charge is 2.06. The molecule has 0 aliphatic carbocycles. The number of rotatable bonds is 7. The molecule has 0 aliphatic heterocycles. The normalized spacial score (nSPS) is 11.5. The van der Waals surface area contributed by atoms with E-state index in [4.69, 9.17) is 10.5 Å². The molecular weight excluding hydrogens is 282 g/mol. The predicted octanol–water partition coefficient (Wildman–Crippen LogP) is 5.48. The van der Waals surface area contributed by atoms with E-state index in [-0.39, 0.29) is 18.4 Å². The zero-order chi connectivity index (χ0) is 14.2. The molecule has 0 bridgehead atoms. The van der Waals surface area contributed by atoms with Crippen LogP contribution in [-0.4, -0.2) is 0 Å². The Morgan fingerprint density at radius 1 is 0.905 bits per heavy atom. The Labute approximate surface area is 133 Å². The molecule has 0 saturated heterocycles. The number of halogens is 1. The van der Waals surface area contributed by atoms with Crippen molar-refractivity contribution in [2.45, 2.75) is 38.6 Å². The Morgan fingerprint density at radius 2 is 1.52 bits per heavy atom. The van der Waals surface area contributed by atoms with Gasteiger partial charge in [-0.05, 0) is 36.2 Å². The fourth-order valence-corrected chi connectivity index (χ4v) is 2.19. The third-order valence-corrected chi connectivity index (χ3v) is 3.41. The second-order valence-electron chi connectivity index (χ2n) is 5.09. The van der Waals surface area contributed by atoms with Gasteiger partial charge in [0.2, 0.25) is 0 Å². The first kappa shape index (κ1) is 17.5. The standard InChI is InChI=1S/C18H23NO.ClH/c1-2-3-5-10-18(19)15-11-13-17(14-12-15)20-16-8-6-4-7-9-16;/h4,6-9,11-14,18H,2-3,5,10,19H2,1H3;1H/t18-;/m0./s1. The van der Waals surface area contributed by atoms with E-state index in [0.29, 0.717) is 0 Å². The summed E-state index contributed by atoms with van der Waals surface area (Å²) in [7, 11) is 0. The number of hydrogen-bond acceptors (Lipinski definition) is 2. The van der Waals surface area contributed by atoms with Crippen LogP contribution in [0.2, 0.25) is 0 Å². The van der Waals surface area contributed by atoms with Crippen LogP contribution in [0, 0.1) is 0 Å². The molecule has 2 rings (SSSR count). The lowest BCUT2D eigenvalue weighted by atomic mass is 10.0. The highest BCUT2D eigenvalue weighted by Crippen LogP contribution is 2.24. The Bertz CT molecular complexity index is 498. The number of ether oxygens (including phenoxy) is 1. The summed E-state index contributed by atoms with van der Waals surface area (Å²) < 4.78 is 5.77. The number of nitrogens with two attached hydrogens (primary N) is 1. The van der Waals surface area contributed by atoms with Gasteiger partial charge in [0.25, 0.3) is 0 Å². The summed E-state index contributed by atoms with van der Waals surface area (Å²) in [5.41, 5.74) is 7.38. The summed E-state index contributed by atoms with van der Waals surface area (Å²) >= 11 is 0. The Balaban J connectivity index is 0.00000220. The summed E-state index contributed by atoms with van der Waals surface area (Å²) in [5.74, 6) is 1.70. The largest absolute Gasteiger partial charge is 0.457 e. The van der Waals surface area contributed by atoms with Crippen molar-refractivity contribution in [2.75, 3.05) is 0 Å². The molecule has 3 heteroatoms. The van der Waals surface area contributed by atoms with Gasteiger partial charge in [0, 0.05) is 6.04 Å². The van der Waals surface area contributed by atoms with Crippen LogP contribution in [0.4, 0.5) is 0 Å². The molecule has 0 radical (unpaired) electrons. The third kappa shape index (κ3) is 5.78. The first-order chi connectivity index (χ1) is 9.79. The maximum absolute atomic E-state index is 6.20. The first-order valence-electron chi connectivity index (χ1n) is 7.38. The summed E-state index contributed by atoms with van der Waals surface area (Å²) in [4.78, 5) is 0. The first-order valence-corrected chi connectivity index (χ1v) is 7.38. The maximum atomic E-state index is 6.20. The van der Waals surface area contributed by atoms with Crippen molar-refractivity contribution < 1.29 is 4.74 Å². The van der Waals surface area contributed by atoms with Crippen LogP contribution in [-0.2, 0) is 0 Å². The summed E-state index contributed by atoms with van der Waals surface area (Å²) in [6.07, 6.45) is 4.73. The van der Waals surface area contributed by atoms with E-state index in [0.717, 1.165) is 17.9 Å². The molecule has 2 aromatic carbocycles. The lowest BCUT2D eigenvalue weighted by Gasteiger charge is -2.12. The molecule has 114 valence electrons. The van der Waals surface area contributed by atoms with Gasteiger partial charge in [0.15, 0.2) is 0 Å². The van der Waals surface area contributed by atoms with E-state index >= 15 is 0 Å². The van der Waals surface area contributed by atoms with E-state index in [2.05, 4.69) is 19.1 Å². The van der Waals surface area contributed by atoms with E-state index in [9.17, 15) is 0 Å². The SMILES string of the molecule is CCCCC[C@H](N)c1ccc(Oc2ccccc2)cc1.Cl. The predicted molar refractivity (Wildman–Crippen MR) is 91.3 cm³/mol. The van der Waals surface area contributed by atoms with Gasteiger partial charge in [-0.2, -0.15) is 0 Å². The van der Waals surface area contributed by atoms with Gasteiger partial charge in [0.05, 0.1) is 0 Å². The van der Waals surface area contributed by atoms with Gasteiger partial charge < -0.3 is 10.5 Å².